The molecule has 164 valence electrons. The number of amides is 1. The van der Waals surface area contributed by atoms with E-state index in [1.807, 2.05) is 5.32 Å². The first-order valence-electron chi connectivity index (χ1n) is 8.26. The third-order valence-electron chi connectivity index (χ3n) is 4.13. The fraction of sp³-hybridized carbons (Fsp3) is 0.333. The van der Waals surface area contributed by atoms with E-state index in [2.05, 4.69) is 4.98 Å². The zero-order valence-corrected chi connectivity index (χ0v) is 17.1. The topological polar surface area (TPSA) is 88.2 Å². The van der Waals surface area contributed by atoms with Crippen molar-refractivity contribution in [3.05, 3.63) is 45.6 Å². The van der Waals surface area contributed by atoms with E-state index in [0.717, 1.165) is 6.07 Å². The highest BCUT2D eigenvalue weighted by atomic mass is 35.5. The number of aromatic nitrogens is 1. The molecular weight excluding hydrogens is 456 g/mol. The molecule has 0 bridgehead atoms. The Morgan fingerprint density at radius 1 is 1.17 bits per heavy atom. The van der Waals surface area contributed by atoms with Gasteiger partial charge in [0.1, 0.15) is 0 Å². The summed E-state index contributed by atoms with van der Waals surface area (Å²) >= 11 is 11.9. The highest BCUT2D eigenvalue weighted by Gasteiger charge is 2.50. The Labute approximate surface area is 178 Å². The lowest BCUT2D eigenvalue weighted by Crippen LogP contribution is -2.51. The number of carbonyl (C=O) groups excluding carboxylic acids is 1. The number of nitrogens with two attached hydrogens (primary N) is 1. The fourth-order valence-electron chi connectivity index (χ4n) is 2.37. The predicted molar refractivity (Wildman–Crippen MR) is 103 cm³/mol. The van der Waals surface area contributed by atoms with E-state index in [-0.39, 0.29) is 15.6 Å². The van der Waals surface area contributed by atoms with Crippen molar-refractivity contribution in [3.8, 4) is 11.3 Å². The van der Waals surface area contributed by atoms with E-state index >= 15 is 0 Å². The molecule has 0 saturated carbocycles. The molecule has 1 atom stereocenters. The normalized spacial score (nSPS) is 14.3. The second kappa shape index (κ2) is 8.16. The van der Waals surface area contributed by atoms with Gasteiger partial charge in [-0.05, 0) is 31.2 Å². The Morgan fingerprint density at radius 2 is 1.77 bits per heavy atom. The maximum Gasteiger partial charge on any atom is 0.418 e. The summed E-state index contributed by atoms with van der Waals surface area (Å²) in [5.41, 5.74) is 0.288. The Balaban J connectivity index is 2.53. The molecule has 1 amide bonds. The summed E-state index contributed by atoms with van der Waals surface area (Å²) < 4.78 is 66.6. The number of benzene rings is 1. The summed E-state index contributed by atoms with van der Waals surface area (Å²) in [4.78, 5) is 16.2. The highest BCUT2D eigenvalue weighted by Crippen LogP contribution is 2.39. The number of anilines is 1. The number of nitrogen functional groups attached to an aromatic ring is 1. The number of rotatable bonds is 5. The second-order valence-electron chi connectivity index (χ2n) is 6.79. The van der Waals surface area contributed by atoms with Gasteiger partial charge in [-0.1, -0.05) is 23.2 Å². The van der Waals surface area contributed by atoms with Crippen LogP contribution in [0.5, 0.6) is 0 Å². The smallest absolute Gasteiger partial charge is 0.397 e. The molecule has 0 radical (unpaired) electrons. The Bertz CT molecular complexity index is 976. The van der Waals surface area contributed by atoms with Gasteiger partial charge in [0.15, 0.2) is 11.3 Å². The van der Waals surface area contributed by atoms with Gasteiger partial charge in [-0.15, -0.1) is 0 Å². The quantitative estimate of drug-likeness (QED) is 0.546. The van der Waals surface area contributed by atoms with Gasteiger partial charge in [-0.2, -0.15) is 13.2 Å². The van der Waals surface area contributed by atoms with Gasteiger partial charge in [0.05, 0.1) is 22.9 Å². The standard InChI is InChI=1S/C18H16Cl2F5N3O2/c1-16(30,18(23,24)25)7-27-15(29)14-12(26)6-10(17(2,21)22)13(28-14)9-4-3-8(19)5-11(9)20/h3-6,30H,7,26H2,1-2H3,(H,27,29). The average Bonchev–Trinajstić information content (AvgIpc) is 2.58. The molecule has 0 aliphatic rings. The summed E-state index contributed by atoms with van der Waals surface area (Å²) in [7, 11) is 0. The maximum atomic E-state index is 14.1. The van der Waals surface area contributed by atoms with E-state index < -0.39 is 52.8 Å². The highest BCUT2D eigenvalue weighted by molar-refractivity contribution is 6.36. The lowest BCUT2D eigenvalue weighted by Gasteiger charge is -2.26. The number of halogens is 7. The van der Waals surface area contributed by atoms with Crippen LogP contribution in [-0.4, -0.2) is 34.3 Å². The summed E-state index contributed by atoms with van der Waals surface area (Å²) in [5, 5.41) is 11.5. The van der Waals surface area contributed by atoms with Crippen LogP contribution >= 0.6 is 23.2 Å². The summed E-state index contributed by atoms with van der Waals surface area (Å²) in [6.07, 6.45) is -5.02. The molecule has 0 fully saturated rings. The first-order chi connectivity index (χ1) is 13.5. The monoisotopic (exact) mass is 471 g/mol. The Hall–Kier alpha value is -2.17. The van der Waals surface area contributed by atoms with Gasteiger partial charge in [0.25, 0.3) is 11.8 Å². The molecule has 12 heteroatoms. The van der Waals surface area contributed by atoms with Crippen molar-refractivity contribution in [2.24, 2.45) is 0 Å². The minimum atomic E-state index is -5.02. The zero-order chi connectivity index (χ0) is 23.1. The number of nitrogens with one attached hydrogen (secondary N) is 1. The maximum absolute atomic E-state index is 14.1. The largest absolute Gasteiger partial charge is 0.418 e. The molecule has 4 N–H and O–H groups in total. The molecule has 0 aliphatic heterocycles. The molecule has 1 unspecified atom stereocenters. The summed E-state index contributed by atoms with van der Waals surface area (Å²) in [6, 6.07) is 4.73. The molecule has 2 aromatic rings. The third kappa shape index (κ3) is 5.11. The van der Waals surface area contributed by atoms with Crippen molar-refractivity contribution in [1.82, 2.24) is 10.3 Å². The summed E-state index contributed by atoms with van der Waals surface area (Å²) in [6.45, 7) is -0.167. The van der Waals surface area contributed by atoms with Crippen LogP contribution < -0.4 is 11.1 Å². The third-order valence-corrected chi connectivity index (χ3v) is 4.68. The van der Waals surface area contributed by atoms with Gasteiger partial charge < -0.3 is 16.2 Å². The minimum absolute atomic E-state index is 0.00827. The predicted octanol–water partition coefficient (Wildman–Crippen LogP) is 4.79. The van der Waals surface area contributed by atoms with Crippen LogP contribution in [0.2, 0.25) is 10.0 Å². The lowest BCUT2D eigenvalue weighted by molar-refractivity contribution is -0.249. The van der Waals surface area contributed by atoms with E-state index in [1.54, 1.807) is 0 Å². The Morgan fingerprint density at radius 3 is 2.27 bits per heavy atom. The van der Waals surface area contributed by atoms with Crippen LogP contribution in [0, 0.1) is 0 Å². The average molecular weight is 472 g/mol. The SMILES string of the molecule is CC(F)(F)c1cc(N)c(C(=O)NCC(C)(O)C(F)(F)F)nc1-c1ccc(Cl)cc1Cl. The van der Waals surface area contributed by atoms with Gasteiger partial charge in [0.2, 0.25) is 0 Å². The van der Waals surface area contributed by atoms with Crippen molar-refractivity contribution < 1.29 is 31.9 Å². The van der Waals surface area contributed by atoms with E-state index in [9.17, 15) is 31.9 Å². The Kier molecular flexibility index (Phi) is 6.56. The van der Waals surface area contributed by atoms with Crippen molar-refractivity contribution >= 4 is 34.8 Å². The van der Waals surface area contributed by atoms with Crippen LogP contribution in [0.1, 0.15) is 29.9 Å². The lowest BCUT2D eigenvalue weighted by atomic mass is 10.00. The molecule has 2 rings (SSSR count). The number of carbonyl (C=O) groups is 1. The number of nitrogens with zero attached hydrogens (tertiary/aromatic N) is 1. The van der Waals surface area contributed by atoms with Gasteiger partial charge in [-0.25, -0.2) is 13.8 Å². The zero-order valence-electron chi connectivity index (χ0n) is 15.5. The van der Waals surface area contributed by atoms with Crippen molar-refractivity contribution in [3.63, 3.8) is 0 Å². The molecule has 0 saturated heterocycles. The second-order valence-corrected chi connectivity index (χ2v) is 7.63. The summed E-state index contributed by atoms with van der Waals surface area (Å²) in [5.74, 6) is -4.64. The van der Waals surface area contributed by atoms with Crippen molar-refractivity contribution in [2.75, 3.05) is 12.3 Å². The van der Waals surface area contributed by atoms with Crippen molar-refractivity contribution in [2.45, 2.75) is 31.5 Å². The van der Waals surface area contributed by atoms with Crippen LogP contribution in [0.25, 0.3) is 11.3 Å². The molecule has 30 heavy (non-hydrogen) atoms. The first-order valence-corrected chi connectivity index (χ1v) is 9.01. The molecule has 1 aromatic heterocycles. The van der Waals surface area contributed by atoms with Gasteiger partial charge in [-0.3, -0.25) is 4.79 Å². The van der Waals surface area contributed by atoms with E-state index in [1.165, 1.54) is 18.2 Å². The van der Waals surface area contributed by atoms with Crippen molar-refractivity contribution in [1.29, 1.82) is 0 Å². The van der Waals surface area contributed by atoms with Crippen LogP contribution in [0.4, 0.5) is 27.6 Å². The number of pyridine rings is 1. The van der Waals surface area contributed by atoms with Gasteiger partial charge in [0, 0.05) is 23.1 Å². The first kappa shape index (κ1) is 24.1. The fourth-order valence-corrected chi connectivity index (χ4v) is 2.87. The minimum Gasteiger partial charge on any atom is -0.397 e. The van der Waals surface area contributed by atoms with E-state index in [4.69, 9.17) is 28.9 Å². The van der Waals surface area contributed by atoms with Crippen LogP contribution in [-0.2, 0) is 5.92 Å². The number of hydrogen-bond donors (Lipinski definition) is 3. The molecule has 5 nitrogen and oxygen atoms in total. The number of aliphatic hydroxyl groups is 1. The molecule has 0 aliphatic carbocycles. The molecule has 0 spiro atoms. The number of hydrogen-bond acceptors (Lipinski definition) is 4. The molecule has 1 aromatic carbocycles. The van der Waals surface area contributed by atoms with E-state index in [0.29, 0.717) is 13.8 Å². The molecular formula is C18H16Cl2F5N3O2. The van der Waals surface area contributed by atoms with Crippen LogP contribution in [0.3, 0.4) is 0 Å². The molecule has 1 heterocycles. The van der Waals surface area contributed by atoms with Gasteiger partial charge >= 0.3 is 6.18 Å². The van der Waals surface area contributed by atoms with Crippen LogP contribution in [0.15, 0.2) is 24.3 Å². The number of alkyl halides is 5.